The molecular weight excluding hydrogens is 370 g/mol. The number of carbonyl (C=O) groups is 1. The van der Waals surface area contributed by atoms with Gasteiger partial charge < -0.3 is 19.9 Å². The van der Waals surface area contributed by atoms with Crippen LogP contribution in [-0.2, 0) is 0 Å². The minimum Gasteiger partial charge on any atom is -0.494 e. The lowest BCUT2D eigenvalue weighted by Gasteiger charge is -2.10. The van der Waals surface area contributed by atoms with Crippen LogP contribution in [0.25, 0.3) is 0 Å². The van der Waals surface area contributed by atoms with Crippen LogP contribution >= 0.6 is 0 Å². The summed E-state index contributed by atoms with van der Waals surface area (Å²) in [5, 5.41) is 3.69. The van der Waals surface area contributed by atoms with Gasteiger partial charge in [0.25, 0.3) is 0 Å². The van der Waals surface area contributed by atoms with Gasteiger partial charge in [0.1, 0.15) is 30.5 Å². The fourth-order valence-electron chi connectivity index (χ4n) is 2.49. The Labute approximate surface area is 171 Å². The first-order chi connectivity index (χ1) is 14.2. The highest BCUT2D eigenvalue weighted by Gasteiger charge is 1.99. The lowest BCUT2D eigenvalue weighted by atomic mass is 10.2. The monoisotopic (exact) mass is 399 g/mol. The number of hydrazone groups is 1. The SMILES string of the molecule is CCCCCCOc1ccc(OCCOc2ccc(/C=N\NC(N)=O)cc2)cc1. The second kappa shape index (κ2) is 13.0. The molecule has 2 amide bonds. The van der Waals surface area contributed by atoms with Crippen LogP contribution in [0.5, 0.6) is 17.2 Å². The number of nitrogens with zero attached hydrogens (tertiary/aromatic N) is 1. The number of urea groups is 1. The minimum absolute atomic E-state index is 0.423. The fourth-order valence-corrected chi connectivity index (χ4v) is 2.49. The van der Waals surface area contributed by atoms with E-state index in [0.717, 1.165) is 35.8 Å². The number of nitrogens with one attached hydrogen (secondary N) is 1. The zero-order chi connectivity index (χ0) is 20.7. The van der Waals surface area contributed by atoms with E-state index in [4.69, 9.17) is 19.9 Å². The molecule has 2 rings (SSSR count). The lowest BCUT2D eigenvalue weighted by Crippen LogP contribution is -2.24. The maximum Gasteiger partial charge on any atom is 0.332 e. The van der Waals surface area contributed by atoms with E-state index < -0.39 is 6.03 Å². The molecule has 3 N–H and O–H groups in total. The third-order valence-electron chi connectivity index (χ3n) is 3.98. The molecule has 0 unspecified atom stereocenters. The Morgan fingerprint density at radius 3 is 1.90 bits per heavy atom. The van der Waals surface area contributed by atoms with Gasteiger partial charge in [-0.15, -0.1) is 0 Å². The van der Waals surface area contributed by atoms with E-state index in [0.29, 0.717) is 13.2 Å². The number of primary amides is 1. The average Bonchev–Trinajstić information content (AvgIpc) is 2.73. The van der Waals surface area contributed by atoms with E-state index in [1.54, 1.807) is 0 Å². The fraction of sp³-hybridized carbons (Fsp3) is 0.364. The van der Waals surface area contributed by atoms with Gasteiger partial charge in [-0.05, 0) is 60.5 Å². The number of hydrogen-bond donors (Lipinski definition) is 2. The second-order valence-corrected chi connectivity index (χ2v) is 6.38. The summed E-state index contributed by atoms with van der Waals surface area (Å²) < 4.78 is 17.1. The van der Waals surface area contributed by atoms with Gasteiger partial charge in [-0.2, -0.15) is 5.10 Å². The van der Waals surface area contributed by atoms with Crippen molar-refractivity contribution in [1.82, 2.24) is 5.43 Å². The quantitative estimate of drug-likeness (QED) is 0.301. The molecule has 0 heterocycles. The molecule has 0 aliphatic rings. The Hall–Kier alpha value is -3.22. The minimum atomic E-state index is -0.703. The van der Waals surface area contributed by atoms with Gasteiger partial charge >= 0.3 is 6.03 Å². The highest BCUT2D eigenvalue weighted by Crippen LogP contribution is 2.18. The molecule has 7 heteroatoms. The van der Waals surface area contributed by atoms with Crippen LogP contribution < -0.4 is 25.4 Å². The standard InChI is InChI=1S/C22H29N3O4/c1-2-3-4-5-14-27-20-10-12-21(13-11-20)29-16-15-28-19-8-6-18(7-9-19)17-24-25-22(23)26/h6-13,17H,2-5,14-16H2,1H3,(H3,23,25,26)/b24-17-. The van der Waals surface area contributed by atoms with Crippen molar-refractivity contribution in [2.24, 2.45) is 10.8 Å². The van der Waals surface area contributed by atoms with Crippen molar-refractivity contribution in [2.75, 3.05) is 19.8 Å². The smallest absolute Gasteiger partial charge is 0.332 e. The van der Waals surface area contributed by atoms with Crippen LogP contribution in [-0.4, -0.2) is 32.1 Å². The summed E-state index contributed by atoms with van der Waals surface area (Å²) in [5.41, 5.74) is 7.88. The number of unbranched alkanes of at least 4 members (excludes halogenated alkanes) is 3. The summed E-state index contributed by atoms with van der Waals surface area (Å²) in [4.78, 5) is 10.5. The molecular formula is C22H29N3O4. The lowest BCUT2D eigenvalue weighted by molar-refractivity contribution is 0.217. The molecule has 0 fully saturated rings. The summed E-state index contributed by atoms with van der Waals surface area (Å²) in [7, 11) is 0. The molecule has 2 aromatic rings. The third-order valence-corrected chi connectivity index (χ3v) is 3.98. The van der Waals surface area contributed by atoms with Crippen LogP contribution in [0.1, 0.15) is 38.2 Å². The Bertz CT molecular complexity index is 746. The highest BCUT2D eigenvalue weighted by atomic mass is 16.5. The van der Waals surface area contributed by atoms with Gasteiger partial charge in [0, 0.05) is 0 Å². The van der Waals surface area contributed by atoms with Crippen molar-refractivity contribution >= 4 is 12.2 Å². The largest absolute Gasteiger partial charge is 0.494 e. The summed E-state index contributed by atoms with van der Waals surface area (Å²) in [5.74, 6) is 2.36. The number of hydrogen-bond acceptors (Lipinski definition) is 5. The summed E-state index contributed by atoms with van der Waals surface area (Å²) in [6, 6.07) is 14.2. The summed E-state index contributed by atoms with van der Waals surface area (Å²) in [6.45, 7) is 3.81. The topological polar surface area (TPSA) is 95.2 Å². The zero-order valence-corrected chi connectivity index (χ0v) is 16.8. The van der Waals surface area contributed by atoms with Gasteiger partial charge in [-0.25, -0.2) is 10.2 Å². The first kappa shape index (κ1) is 22.1. The molecule has 0 saturated heterocycles. The molecule has 2 aromatic carbocycles. The first-order valence-electron chi connectivity index (χ1n) is 9.84. The third kappa shape index (κ3) is 9.51. The Balaban J connectivity index is 1.63. The average molecular weight is 399 g/mol. The van der Waals surface area contributed by atoms with Crippen molar-refractivity contribution in [1.29, 1.82) is 0 Å². The van der Waals surface area contributed by atoms with Crippen LogP contribution in [0, 0.1) is 0 Å². The summed E-state index contributed by atoms with van der Waals surface area (Å²) in [6.07, 6.45) is 6.27. The predicted molar refractivity (Wildman–Crippen MR) is 114 cm³/mol. The molecule has 7 nitrogen and oxygen atoms in total. The van der Waals surface area contributed by atoms with Crippen molar-refractivity contribution in [3.05, 3.63) is 54.1 Å². The predicted octanol–water partition coefficient (Wildman–Crippen LogP) is 4.11. The number of nitrogens with two attached hydrogens (primary N) is 1. The van der Waals surface area contributed by atoms with E-state index in [2.05, 4.69) is 17.5 Å². The second-order valence-electron chi connectivity index (χ2n) is 6.38. The van der Waals surface area contributed by atoms with E-state index in [9.17, 15) is 4.79 Å². The van der Waals surface area contributed by atoms with Gasteiger partial charge in [0.2, 0.25) is 0 Å². The Morgan fingerprint density at radius 1 is 0.862 bits per heavy atom. The Morgan fingerprint density at radius 2 is 1.38 bits per heavy atom. The van der Waals surface area contributed by atoms with Crippen LogP contribution in [0.4, 0.5) is 4.79 Å². The van der Waals surface area contributed by atoms with Gasteiger partial charge in [-0.1, -0.05) is 26.2 Å². The van der Waals surface area contributed by atoms with Crippen molar-refractivity contribution < 1.29 is 19.0 Å². The van der Waals surface area contributed by atoms with Gasteiger partial charge in [-0.3, -0.25) is 0 Å². The molecule has 0 spiro atoms. The van der Waals surface area contributed by atoms with Crippen molar-refractivity contribution in [3.63, 3.8) is 0 Å². The number of amides is 2. The molecule has 0 aliphatic heterocycles. The van der Waals surface area contributed by atoms with Gasteiger partial charge in [0.15, 0.2) is 0 Å². The number of carbonyl (C=O) groups excluding carboxylic acids is 1. The maximum atomic E-state index is 10.5. The normalized spacial score (nSPS) is 10.7. The highest BCUT2D eigenvalue weighted by molar-refractivity contribution is 5.81. The van der Waals surface area contributed by atoms with Gasteiger partial charge in [0.05, 0.1) is 12.8 Å². The van der Waals surface area contributed by atoms with Crippen molar-refractivity contribution in [2.45, 2.75) is 32.6 Å². The molecule has 0 aliphatic carbocycles. The number of ether oxygens (including phenoxy) is 3. The van der Waals surface area contributed by atoms with E-state index in [1.807, 2.05) is 48.5 Å². The zero-order valence-electron chi connectivity index (χ0n) is 16.8. The molecule has 0 aromatic heterocycles. The van der Waals surface area contributed by atoms with E-state index >= 15 is 0 Å². The molecule has 0 atom stereocenters. The molecule has 0 radical (unpaired) electrons. The van der Waals surface area contributed by atoms with Crippen LogP contribution in [0.2, 0.25) is 0 Å². The Kier molecular flexibility index (Phi) is 9.93. The van der Waals surface area contributed by atoms with E-state index in [1.165, 1.54) is 25.5 Å². The first-order valence-corrected chi connectivity index (χ1v) is 9.84. The molecule has 0 bridgehead atoms. The van der Waals surface area contributed by atoms with Crippen molar-refractivity contribution in [3.8, 4) is 17.2 Å². The maximum absolute atomic E-state index is 10.5. The molecule has 29 heavy (non-hydrogen) atoms. The summed E-state index contributed by atoms with van der Waals surface area (Å²) >= 11 is 0. The van der Waals surface area contributed by atoms with E-state index in [-0.39, 0.29) is 0 Å². The molecule has 0 saturated carbocycles. The van der Waals surface area contributed by atoms with Crippen LogP contribution in [0.15, 0.2) is 53.6 Å². The van der Waals surface area contributed by atoms with Crippen LogP contribution in [0.3, 0.4) is 0 Å². The molecule has 156 valence electrons. The number of benzene rings is 2. The number of rotatable bonds is 13.